The lowest BCUT2D eigenvalue weighted by atomic mass is 10.1. The van der Waals surface area contributed by atoms with Crippen LogP contribution in [-0.2, 0) is 17.1 Å². The van der Waals surface area contributed by atoms with Crippen LogP contribution in [0.15, 0.2) is 23.2 Å². The van der Waals surface area contributed by atoms with E-state index >= 15 is 0 Å². The molecule has 1 aromatic rings. The molecule has 0 aliphatic heterocycles. The summed E-state index contributed by atoms with van der Waals surface area (Å²) in [6, 6.07) is 4.77. The Bertz CT molecular complexity index is 557. The zero-order valence-corrected chi connectivity index (χ0v) is 18.2. The minimum absolute atomic E-state index is 0. The summed E-state index contributed by atoms with van der Waals surface area (Å²) in [7, 11) is 0. The Morgan fingerprint density at radius 1 is 1.20 bits per heavy atom. The summed E-state index contributed by atoms with van der Waals surface area (Å²) in [6.07, 6.45) is 2.89. The number of benzene rings is 1. The lowest BCUT2D eigenvalue weighted by Crippen LogP contribution is -2.43. The molecule has 0 heterocycles. The van der Waals surface area contributed by atoms with Gasteiger partial charge in [-0.1, -0.05) is 13.0 Å². The van der Waals surface area contributed by atoms with Gasteiger partial charge < -0.3 is 16.0 Å². The summed E-state index contributed by atoms with van der Waals surface area (Å²) in [5, 5.41) is 8.92. The van der Waals surface area contributed by atoms with Crippen LogP contribution in [0.1, 0.15) is 31.4 Å². The van der Waals surface area contributed by atoms with E-state index in [1.54, 1.807) is 23.9 Å². The van der Waals surface area contributed by atoms with Gasteiger partial charge in [0.15, 0.2) is 5.96 Å². The third-order valence-corrected chi connectivity index (χ3v) is 3.81. The molecular weight excluding hydrogens is 454 g/mol. The van der Waals surface area contributed by atoms with Crippen molar-refractivity contribution in [3.8, 4) is 0 Å². The number of rotatable bonds is 9. The van der Waals surface area contributed by atoms with Crippen LogP contribution in [0.4, 0.5) is 4.39 Å². The molecule has 1 rings (SSSR count). The summed E-state index contributed by atoms with van der Waals surface area (Å²) < 4.78 is 13.4. The van der Waals surface area contributed by atoms with Crippen molar-refractivity contribution in [1.29, 1.82) is 0 Å². The minimum Gasteiger partial charge on any atom is -0.357 e. The second kappa shape index (κ2) is 14.2. The molecule has 25 heavy (non-hydrogen) atoms. The number of amides is 1. The van der Waals surface area contributed by atoms with Crippen LogP contribution in [0.5, 0.6) is 0 Å². The van der Waals surface area contributed by atoms with E-state index in [1.807, 2.05) is 20.1 Å². The van der Waals surface area contributed by atoms with Gasteiger partial charge >= 0.3 is 0 Å². The fourth-order valence-electron chi connectivity index (χ4n) is 2.04. The number of guanidine groups is 1. The first-order chi connectivity index (χ1) is 11.6. The van der Waals surface area contributed by atoms with Crippen molar-refractivity contribution >= 4 is 47.6 Å². The van der Waals surface area contributed by atoms with Gasteiger partial charge in [-0.15, -0.1) is 24.0 Å². The van der Waals surface area contributed by atoms with Crippen LogP contribution >= 0.6 is 35.7 Å². The molecule has 0 aliphatic carbocycles. The fourth-order valence-corrected chi connectivity index (χ4v) is 2.62. The molecule has 0 atom stereocenters. The first-order valence-electron chi connectivity index (χ1n) is 8.15. The van der Waals surface area contributed by atoms with Gasteiger partial charge in [0.1, 0.15) is 5.82 Å². The van der Waals surface area contributed by atoms with Gasteiger partial charge in [-0.25, -0.2) is 9.38 Å². The highest BCUT2D eigenvalue weighted by Crippen LogP contribution is 2.17. The van der Waals surface area contributed by atoms with Crippen LogP contribution in [0, 0.1) is 5.82 Å². The molecule has 8 heteroatoms. The maximum atomic E-state index is 13.4. The van der Waals surface area contributed by atoms with E-state index in [1.165, 1.54) is 6.07 Å². The summed E-state index contributed by atoms with van der Waals surface area (Å²) in [5.74, 6) is 1.02. The van der Waals surface area contributed by atoms with Gasteiger partial charge in [-0.2, -0.15) is 11.8 Å². The molecule has 0 saturated heterocycles. The summed E-state index contributed by atoms with van der Waals surface area (Å²) in [4.78, 5) is 16.2. The molecule has 0 unspecified atom stereocenters. The predicted octanol–water partition coefficient (Wildman–Crippen LogP) is 2.89. The highest BCUT2D eigenvalue weighted by Gasteiger charge is 2.06. The number of hydrogen-bond acceptors (Lipinski definition) is 3. The maximum Gasteiger partial charge on any atom is 0.239 e. The maximum absolute atomic E-state index is 13.4. The van der Waals surface area contributed by atoms with Gasteiger partial charge in [0.25, 0.3) is 0 Å². The number of hydrogen-bond donors (Lipinski definition) is 3. The van der Waals surface area contributed by atoms with E-state index in [4.69, 9.17) is 0 Å². The largest absolute Gasteiger partial charge is 0.357 e. The van der Waals surface area contributed by atoms with Crippen LogP contribution < -0.4 is 16.0 Å². The van der Waals surface area contributed by atoms with Crippen molar-refractivity contribution in [3.05, 3.63) is 35.1 Å². The molecule has 142 valence electrons. The lowest BCUT2D eigenvalue weighted by Gasteiger charge is -2.12. The Kier molecular flexibility index (Phi) is 13.6. The van der Waals surface area contributed by atoms with Crippen molar-refractivity contribution in [1.82, 2.24) is 16.0 Å². The predicted molar refractivity (Wildman–Crippen MR) is 115 cm³/mol. The topological polar surface area (TPSA) is 65.5 Å². The number of carbonyl (C=O) groups excluding carboxylic acids is 1. The van der Waals surface area contributed by atoms with E-state index in [2.05, 4.69) is 20.9 Å². The van der Waals surface area contributed by atoms with E-state index in [0.717, 1.165) is 23.3 Å². The highest BCUT2D eigenvalue weighted by atomic mass is 127. The van der Waals surface area contributed by atoms with Crippen molar-refractivity contribution in [2.45, 2.75) is 32.6 Å². The van der Waals surface area contributed by atoms with Crippen LogP contribution in [0.2, 0.25) is 0 Å². The van der Waals surface area contributed by atoms with E-state index in [-0.39, 0.29) is 42.2 Å². The molecule has 1 aromatic carbocycles. The number of nitrogens with zero attached hydrogens (tertiary/aromatic N) is 1. The molecule has 0 bridgehead atoms. The third kappa shape index (κ3) is 9.88. The highest BCUT2D eigenvalue weighted by molar-refractivity contribution is 14.0. The van der Waals surface area contributed by atoms with Crippen molar-refractivity contribution in [3.63, 3.8) is 0 Å². The Balaban J connectivity index is 0.00000576. The average molecular weight is 482 g/mol. The molecule has 0 aliphatic rings. The van der Waals surface area contributed by atoms with Gasteiger partial charge in [0, 0.05) is 18.8 Å². The number of halogens is 2. The Labute approximate surface area is 171 Å². The number of aliphatic imine (C=N–C) groups is 1. The third-order valence-electron chi connectivity index (χ3n) is 3.21. The van der Waals surface area contributed by atoms with Gasteiger partial charge in [0.2, 0.25) is 5.91 Å². The van der Waals surface area contributed by atoms with E-state index in [0.29, 0.717) is 25.6 Å². The number of carbonyl (C=O) groups is 1. The molecule has 3 N–H and O–H groups in total. The van der Waals surface area contributed by atoms with Crippen molar-refractivity contribution in [2.75, 3.05) is 25.9 Å². The molecule has 0 fully saturated rings. The monoisotopic (exact) mass is 482 g/mol. The van der Waals surface area contributed by atoms with Crippen LogP contribution in [-0.4, -0.2) is 37.8 Å². The van der Waals surface area contributed by atoms with Gasteiger partial charge in [-0.05, 0) is 42.9 Å². The Morgan fingerprint density at radius 2 is 1.96 bits per heavy atom. The Morgan fingerprint density at radius 3 is 2.60 bits per heavy atom. The fraction of sp³-hybridized carbons (Fsp3) is 0.529. The average Bonchev–Trinajstić information content (AvgIpc) is 2.57. The zero-order chi connectivity index (χ0) is 17.8. The second-order valence-electron chi connectivity index (χ2n) is 5.24. The summed E-state index contributed by atoms with van der Waals surface area (Å²) in [5.41, 5.74) is 1.93. The standard InChI is InChI=1S/C17H27FN4OS.HI/c1-4-8-20-16(23)11-22-17(19-5-2)21-10-13-6-7-15(18)9-14(13)12-24-3;/h6-7,9H,4-5,8,10-12H2,1-3H3,(H,20,23)(H2,19,21,22);1H. The molecule has 0 spiro atoms. The molecule has 0 radical (unpaired) electrons. The van der Waals surface area contributed by atoms with Crippen molar-refractivity contribution in [2.24, 2.45) is 4.99 Å². The molecular formula is C17H28FIN4OS. The van der Waals surface area contributed by atoms with E-state index < -0.39 is 0 Å². The molecule has 1 amide bonds. The molecule has 0 saturated carbocycles. The van der Waals surface area contributed by atoms with Crippen molar-refractivity contribution < 1.29 is 9.18 Å². The second-order valence-corrected chi connectivity index (χ2v) is 6.11. The smallest absolute Gasteiger partial charge is 0.239 e. The quantitative estimate of drug-likeness (QED) is 0.288. The first-order valence-corrected chi connectivity index (χ1v) is 9.55. The summed E-state index contributed by atoms with van der Waals surface area (Å²) >= 11 is 1.64. The van der Waals surface area contributed by atoms with Crippen LogP contribution in [0.3, 0.4) is 0 Å². The first kappa shape index (κ1) is 24.0. The molecule has 5 nitrogen and oxygen atoms in total. The van der Waals surface area contributed by atoms with Gasteiger partial charge in [0.05, 0.1) is 13.1 Å². The van der Waals surface area contributed by atoms with Gasteiger partial charge in [-0.3, -0.25) is 4.79 Å². The van der Waals surface area contributed by atoms with E-state index in [9.17, 15) is 9.18 Å². The van der Waals surface area contributed by atoms with Crippen LogP contribution in [0.25, 0.3) is 0 Å². The number of nitrogens with one attached hydrogen (secondary N) is 3. The normalized spacial score (nSPS) is 10.8. The Hall–Kier alpha value is -1.03. The SMILES string of the molecule is CCCNC(=O)CNC(=NCc1ccc(F)cc1CSC)NCC.I. The lowest BCUT2D eigenvalue weighted by molar-refractivity contribution is -0.120. The minimum atomic E-state index is -0.232. The number of thioether (sulfide) groups is 1. The summed E-state index contributed by atoms with van der Waals surface area (Å²) in [6.45, 7) is 5.94. The zero-order valence-electron chi connectivity index (χ0n) is 15.0. The molecule has 0 aromatic heterocycles.